The Morgan fingerprint density at radius 3 is 2.26 bits per heavy atom. The largest absolute Gasteiger partial charge is 0.573 e. The molecular weight excluding hydrogens is 393 g/mol. The Hall–Kier alpha value is -1.02. The van der Waals surface area contributed by atoms with Gasteiger partial charge in [0.2, 0.25) is 0 Å². The Morgan fingerprint density at radius 1 is 1.11 bits per heavy atom. The molecule has 2 rings (SSSR count). The van der Waals surface area contributed by atoms with Crippen molar-refractivity contribution in [3.8, 4) is 16.9 Å². The minimum Gasteiger partial charge on any atom is -0.406 e. The topological polar surface area (TPSA) is 22.1 Å². The number of nitrogens with zero attached hydrogens (tertiary/aromatic N) is 1. The van der Waals surface area contributed by atoms with E-state index in [0.717, 1.165) is 14.7 Å². The molecule has 0 radical (unpaired) electrons. The van der Waals surface area contributed by atoms with Gasteiger partial charge in [0.1, 0.15) is 10.9 Å². The van der Waals surface area contributed by atoms with Gasteiger partial charge < -0.3 is 4.74 Å². The van der Waals surface area contributed by atoms with Crippen LogP contribution < -0.4 is 4.74 Å². The molecule has 7 heteroatoms. The van der Waals surface area contributed by atoms with E-state index < -0.39 is 6.36 Å². The second kappa shape index (κ2) is 5.54. The van der Waals surface area contributed by atoms with Crippen LogP contribution in [0.2, 0.25) is 5.15 Å². The number of pyridine rings is 1. The summed E-state index contributed by atoms with van der Waals surface area (Å²) in [7, 11) is 0. The molecule has 19 heavy (non-hydrogen) atoms. The summed E-state index contributed by atoms with van der Waals surface area (Å²) in [4.78, 5) is 3.98. The average molecular weight is 400 g/mol. The molecular formula is C12H6ClF3INO. The first kappa shape index (κ1) is 14.4. The van der Waals surface area contributed by atoms with Gasteiger partial charge in [0.05, 0.1) is 3.57 Å². The first-order valence-corrected chi connectivity index (χ1v) is 6.48. The lowest BCUT2D eigenvalue weighted by molar-refractivity contribution is -0.274. The van der Waals surface area contributed by atoms with E-state index in [1.165, 1.54) is 24.3 Å². The molecule has 0 unspecified atom stereocenters. The van der Waals surface area contributed by atoms with Crippen molar-refractivity contribution in [1.82, 2.24) is 4.98 Å². The van der Waals surface area contributed by atoms with Crippen LogP contribution in [-0.2, 0) is 0 Å². The van der Waals surface area contributed by atoms with E-state index >= 15 is 0 Å². The smallest absolute Gasteiger partial charge is 0.406 e. The number of aromatic nitrogens is 1. The lowest BCUT2D eigenvalue weighted by Gasteiger charge is -2.09. The van der Waals surface area contributed by atoms with E-state index in [0.29, 0.717) is 5.15 Å². The third-order valence-electron chi connectivity index (χ3n) is 2.22. The van der Waals surface area contributed by atoms with Gasteiger partial charge in [0.25, 0.3) is 0 Å². The standard InChI is InChI=1S/C12H6ClF3INO/c13-11-10(17)5-8(6-18-11)7-1-3-9(4-2-7)19-12(14,15)16/h1-6H. The SMILES string of the molecule is FC(F)(F)Oc1ccc(-c2cnc(Cl)c(I)c2)cc1. The van der Waals surface area contributed by atoms with E-state index in [-0.39, 0.29) is 5.75 Å². The van der Waals surface area contributed by atoms with Crippen molar-refractivity contribution in [3.63, 3.8) is 0 Å². The summed E-state index contributed by atoms with van der Waals surface area (Å²) in [6.07, 6.45) is -3.12. The van der Waals surface area contributed by atoms with Crippen LogP contribution in [0.4, 0.5) is 13.2 Å². The number of ether oxygens (including phenoxy) is 1. The van der Waals surface area contributed by atoms with Crippen LogP contribution in [0.3, 0.4) is 0 Å². The highest BCUT2D eigenvalue weighted by molar-refractivity contribution is 14.1. The monoisotopic (exact) mass is 399 g/mol. The molecule has 0 amide bonds. The Kier molecular flexibility index (Phi) is 4.19. The van der Waals surface area contributed by atoms with Crippen LogP contribution in [0, 0.1) is 3.57 Å². The fourth-order valence-corrected chi connectivity index (χ4v) is 2.01. The third-order valence-corrected chi connectivity index (χ3v) is 3.66. The fourth-order valence-electron chi connectivity index (χ4n) is 1.43. The number of alkyl halides is 3. The van der Waals surface area contributed by atoms with Crippen molar-refractivity contribution in [3.05, 3.63) is 45.3 Å². The van der Waals surface area contributed by atoms with E-state index in [4.69, 9.17) is 11.6 Å². The highest BCUT2D eigenvalue weighted by Crippen LogP contribution is 2.28. The molecule has 2 aromatic rings. The second-order valence-corrected chi connectivity index (χ2v) is 5.09. The van der Waals surface area contributed by atoms with Crippen LogP contribution in [-0.4, -0.2) is 11.3 Å². The summed E-state index contributed by atoms with van der Waals surface area (Å²) in [5.41, 5.74) is 1.50. The molecule has 1 heterocycles. The van der Waals surface area contributed by atoms with Gasteiger partial charge in [0.15, 0.2) is 0 Å². The molecule has 0 fully saturated rings. The minimum atomic E-state index is -4.68. The molecule has 100 valence electrons. The predicted octanol–water partition coefficient (Wildman–Crippen LogP) is 4.91. The molecule has 0 saturated heterocycles. The Labute approximate surface area is 125 Å². The molecule has 0 spiro atoms. The van der Waals surface area contributed by atoms with Crippen LogP contribution >= 0.6 is 34.2 Å². The zero-order valence-corrected chi connectivity index (χ0v) is 12.1. The van der Waals surface area contributed by atoms with Gasteiger partial charge >= 0.3 is 6.36 Å². The van der Waals surface area contributed by atoms with Crippen LogP contribution in [0.1, 0.15) is 0 Å². The second-order valence-electron chi connectivity index (χ2n) is 3.57. The lowest BCUT2D eigenvalue weighted by Crippen LogP contribution is -2.16. The summed E-state index contributed by atoms with van der Waals surface area (Å²) < 4.78 is 40.6. The van der Waals surface area contributed by atoms with Crippen molar-refractivity contribution >= 4 is 34.2 Å². The molecule has 1 aromatic carbocycles. The maximum absolute atomic E-state index is 12.0. The molecule has 0 aliphatic rings. The Morgan fingerprint density at radius 2 is 1.74 bits per heavy atom. The lowest BCUT2D eigenvalue weighted by atomic mass is 10.1. The van der Waals surface area contributed by atoms with Crippen LogP contribution in [0.5, 0.6) is 5.75 Å². The van der Waals surface area contributed by atoms with Gasteiger partial charge in [-0.1, -0.05) is 23.7 Å². The summed E-state index contributed by atoms with van der Waals surface area (Å²) in [6.45, 7) is 0. The summed E-state index contributed by atoms with van der Waals surface area (Å²) in [6, 6.07) is 7.37. The maximum atomic E-state index is 12.0. The first-order chi connectivity index (χ1) is 8.85. The number of rotatable bonds is 2. The highest BCUT2D eigenvalue weighted by atomic mass is 127. The molecule has 1 aromatic heterocycles. The molecule has 0 N–H and O–H groups in total. The fraction of sp³-hybridized carbons (Fsp3) is 0.0833. The molecule has 0 saturated carbocycles. The number of hydrogen-bond acceptors (Lipinski definition) is 2. The van der Waals surface area contributed by atoms with Crippen molar-refractivity contribution in [2.75, 3.05) is 0 Å². The molecule has 0 bridgehead atoms. The van der Waals surface area contributed by atoms with Gasteiger partial charge in [-0.15, -0.1) is 13.2 Å². The Balaban J connectivity index is 2.25. The third kappa shape index (κ3) is 3.97. The number of halogens is 5. The molecule has 0 aliphatic heterocycles. The van der Waals surface area contributed by atoms with E-state index in [1.54, 1.807) is 12.3 Å². The van der Waals surface area contributed by atoms with E-state index in [1.807, 2.05) is 22.6 Å². The maximum Gasteiger partial charge on any atom is 0.573 e. The average Bonchev–Trinajstić information content (AvgIpc) is 2.32. The van der Waals surface area contributed by atoms with Crippen molar-refractivity contribution in [2.45, 2.75) is 6.36 Å². The zero-order chi connectivity index (χ0) is 14.0. The van der Waals surface area contributed by atoms with Gasteiger partial charge in [-0.05, 0) is 46.4 Å². The zero-order valence-electron chi connectivity index (χ0n) is 9.21. The van der Waals surface area contributed by atoms with Gasteiger partial charge in [-0.2, -0.15) is 0 Å². The Bertz CT molecular complexity index is 587. The number of benzene rings is 1. The van der Waals surface area contributed by atoms with E-state index in [9.17, 15) is 13.2 Å². The van der Waals surface area contributed by atoms with Gasteiger partial charge in [0, 0.05) is 11.8 Å². The minimum absolute atomic E-state index is 0.257. The predicted molar refractivity (Wildman–Crippen MR) is 74.1 cm³/mol. The quantitative estimate of drug-likeness (QED) is 0.529. The van der Waals surface area contributed by atoms with Gasteiger partial charge in [-0.3, -0.25) is 0 Å². The van der Waals surface area contributed by atoms with Crippen LogP contribution in [0.25, 0.3) is 11.1 Å². The van der Waals surface area contributed by atoms with Crippen molar-refractivity contribution in [1.29, 1.82) is 0 Å². The highest BCUT2D eigenvalue weighted by Gasteiger charge is 2.30. The number of hydrogen-bond donors (Lipinski definition) is 0. The van der Waals surface area contributed by atoms with Crippen molar-refractivity contribution < 1.29 is 17.9 Å². The van der Waals surface area contributed by atoms with E-state index in [2.05, 4.69) is 9.72 Å². The summed E-state index contributed by atoms with van der Waals surface area (Å²) in [5.74, 6) is -0.257. The molecule has 0 atom stereocenters. The summed E-state index contributed by atoms with van der Waals surface area (Å²) >= 11 is 7.84. The van der Waals surface area contributed by atoms with Gasteiger partial charge in [-0.25, -0.2) is 4.98 Å². The summed E-state index contributed by atoms with van der Waals surface area (Å²) in [5, 5.41) is 0.390. The molecule has 2 nitrogen and oxygen atoms in total. The first-order valence-electron chi connectivity index (χ1n) is 5.02. The van der Waals surface area contributed by atoms with Crippen LogP contribution in [0.15, 0.2) is 36.5 Å². The van der Waals surface area contributed by atoms with Crippen molar-refractivity contribution in [2.24, 2.45) is 0 Å². The normalized spacial score (nSPS) is 11.4. The molecule has 0 aliphatic carbocycles.